The molecule has 0 bridgehead atoms. The number of rotatable bonds is 5. The predicted molar refractivity (Wildman–Crippen MR) is 187 cm³/mol. The van der Waals surface area contributed by atoms with E-state index in [2.05, 4.69) is 15.9 Å². The van der Waals surface area contributed by atoms with E-state index in [1.807, 2.05) is 72.8 Å². The van der Waals surface area contributed by atoms with Crippen LogP contribution in [-0.2, 0) is 21.5 Å². The first kappa shape index (κ1) is 30.8. The summed E-state index contributed by atoms with van der Waals surface area (Å²) in [6.45, 7) is 0.0788. The SMILES string of the molecule is COc1cc(C2C3=CCn4c(=O)n(-c5ccccc5)c(=O)n4C3CC3C(=O)C(c4ccccc4)=CC(=O)C32c2ccccc2)cc(Br)c1O. The van der Waals surface area contributed by atoms with Gasteiger partial charge in [0, 0.05) is 17.4 Å². The highest BCUT2D eigenvalue weighted by atomic mass is 79.9. The van der Waals surface area contributed by atoms with E-state index in [4.69, 9.17) is 4.74 Å². The number of phenolic OH excluding ortho intramolecular Hbond substituents is 1. The maximum absolute atomic E-state index is 15.1. The van der Waals surface area contributed by atoms with Gasteiger partial charge >= 0.3 is 11.4 Å². The molecule has 1 fully saturated rings. The van der Waals surface area contributed by atoms with Crippen LogP contribution in [0.2, 0.25) is 0 Å². The van der Waals surface area contributed by atoms with Crippen molar-refractivity contribution in [2.24, 2.45) is 5.92 Å². The van der Waals surface area contributed by atoms with Crippen LogP contribution in [0.3, 0.4) is 0 Å². The van der Waals surface area contributed by atoms with E-state index in [1.165, 1.54) is 22.5 Å². The smallest absolute Gasteiger partial charge is 0.352 e. The molecule has 2 aliphatic carbocycles. The van der Waals surface area contributed by atoms with Gasteiger partial charge in [-0.25, -0.2) is 23.5 Å². The number of ether oxygens (including phenoxy) is 1. The first-order valence-electron chi connectivity index (χ1n) is 15.9. The predicted octanol–water partition coefficient (Wildman–Crippen LogP) is 5.74. The quantitative estimate of drug-likeness (QED) is 0.233. The monoisotopic (exact) mass is 715 g/mol. The van der Waals surface area contributed by atoms with Crippen LogP contribution < -0.4 is 16.1 Å². The molecule has 244 valence electrons. The molecule has 49 heavy (non-hydrogen) atoms. The van der Waals surface area contributed by atoms with Gasteiger partial charge in [0.25, 0.3) is 0 Å². The molecule has 10 heteroatoms. The van der Waals surface area contributed by atoms with Crippen molar-refractivity contribution in [3.63, 3.8) is 0 Å². The number of hydrogen-bond donors (Lipinski definition) is 1. The number of methoxy groups -OCH3 is 1. The standard InChI is InChI=1S/C39H30BrN3O6/c1-49-32-20-24(19-30(40)36(32)46)34-27-17-18-41-37(47)42(26-15-9-4-10-16-26)38(48)43(41)31(27)22-29-35(45)28(23-11-5-2-6-12-23)21-33(44)39(29,34)25-13-7-3-8-14-25/h2-17,19-21,29,31,34,46H,18,22H2,1H3. The van der Waals surface area contributed by atoms with Crippen LogP contribution in [0.5, 0.6) is 11.5 Å². The summed E-state index contributed by atoms with van der Waals surface area (Å²) >= 11 is 3.48. The average molecular weight is 717 g/mol. The zero-order valence-corrected chi connectivity index (χ0v) is 27.9. The molecular weight excluding hydrogens is 686 g/mol. The first-order valence-corrected chi connectivity index (χ1v) is 16.7. The minimum atomic E-state index is -1.42. The largest absolute Gasteiger partial charge is 0.503 e. The van der Waals surface area contributed by atoms with Crippen LogP contribution in [0, 0.1) is 5.92 Å². The van der Waals surface area contributed by atoms with Gasteiger partial charge in [-0.15, -0.1) is 0 Å². The highest BCUT2D eigenvalue weighted by Gasteiger charge is 2.63. The Morgan fingerprint density at radius 3 is 2.18 bits per heavy atom. The summed E-state index contributed by atoms with van der Waals surface area (Å²) in [5.41, 5.74) is 0.914. The molecule has 1 N–H and O–H groups in total. The number of hydrogen-bond acceptors (Lipinski definition) is 6. The van der Waals surface area contributed by atoms with Gasteiger partial charge < -0.3 is 9.84 Å². The van der Waals surface area contributed by atoms with Gasteiger partial charge in [0.2, 0.25) is 0 Å². The fourth-order valence-electron chi connectivity index (χ4n) is 8.23. The average Bonchev–Trinajstić information content (AvgIpc) is 3.40. The van der Waals surface area contributed by atoms with Crippen LogP contribution in [0.25, 0.3) is 11.3 Å². The van der Waals surface area contributed by atoms with Crippen molar-refractivity contribution < 1.29 is 19.4 Å². The second-order valence-electron chi connectivity index (χ2n) is 12.5. The molecule has 9 nitrogen and oxygen atoms in total. The second kappa shape index (κ2) is 11.6. The lowest BCUT2D eigenvalue weighted by atomic mass is 9.47. The zero-order valence-electron chi connectivity index (χ0n) is 26.3. The molecule has 8 rings (SSSR count). The number of allylic oxidation sites excluding steroid dienone is 4. The molecule has 1 saturated carbocycles. The van der Waals surface area contributed by atoms with E-state index in [9.17, 15) is 19.5 Å². The molecule has 5 aromatic rings. The number of halogens is 1. The fourth-order valence-corrected chi connectivity index (χ4v) is 8.68. The molecule has 4 atom stereocenters. The van der Waals surface area contributed by atoms with E-state index in [0.717, 1.165) is 10.1 Å². The third kappa shape index (κ3) is 4.43. The van der Waals surface area contributed by atoms with E-state index >= 15 is 4.79 Å². The highest BCUT2D eigenvalue weighted by Crippen LogP contribution is 2.62. The number of Topliss-reactive ketones (excluding diaryl/α,β-unsaturated/α-hetero) is 1. The summed E-state index contributed by atoms with van der Waals surface area (Å²) in [5.74, 6) is -2.11. The van der Waals surface area contributed by atoms with Gasteiger partial charge in [-0.05, 0) is 75.0 Å². The Morgan fingerprint density at radius 1 is 0.857 bits per heavy atom. The molecule has 0 radical (unpaired) electrons. The zero-order chi connectivity index (χ0) is 34.0. The Morgan fingerprint density at radius 2 is 1.51 bits per heavy atom. The summed E-state index contributed by atoms with van der Waals surface area (Å²) < 4.78 is 9.93. The topological polar surface area (TPSA) is 113 Å². The van der Waals surface area contributed by atoms with Gasteiger partial charge in [0.1, 0.15) is 0 Å². The van der Waals surface area contributed by atoms with Crippen LogP contribution in [0.4, 0.5) is 0 Å². The number of para-hydroxylation sites is 1. The summed E-state index contributed by atoms with van der Waals surface area (Å²) in [5, 5.41) is 10.8. The molecular formula is C39H30BrN3O6. The minimum Gasteiger partial charge on any atom is -0.503 e. The van der Waals surface area contributed by atoms with Gasteiger partial charge in [0.15, 0.2) is 23.1 Å². The Balaban J connectivity index is 1.44. The van der Waals surface area contributed by atoms with E-state index in [0.29, 0.717) is 32.4 Å². The highest BCUT2D eigenvalue weighted by molar-refractivity contribution is 9.10. The van der Waals surface area contributed by atoms with Crippen molar-refractivity contribution in [1.29, 1.82) is 0 Å². The van der Waals surface area contributed by atoms with Crippen molar-refractivity contribution in [2.45, 2.75) is 30.3 Å². The molecule has 1 aliphatic heterocycles. The Labute approximate surface area is 289 Å². The summed E-state index contributed by atoms with van der Waals surface area (Å²) in [6.07, 6.45) is 3.48. The van der Waals surface area contributed by atoms with Gasteiger partial charge in [-0.3, -0.25) is 9.59 Å². The Bertz CT molecular complexity index is 2340. The van der Waals surface area contributed by atoms with Crippen molar-refractivity contribution in [3.8, 4) is 17.2 Å². The van der Waals surface area contributed by atoms with Crippen molar-refractivity contribution in [1.82, 2.24) is 13.9 Å². The lowest BCUT2D eigenvalue weighted by Crippen LogP contribution is -2.58. The van der Waals surface area contributed by atoms with Crippen molar-refractivity contribution >= 4 is 33.1 Å². The summed E-state index contributed by atoms with van der Waals surface area (Å²) in [4.78, 5) is 58.3. The molecule has 3 aliphatic rings. The van der Waals surface area contributed by atoms with Crippen molar-refractivity contribution in [2.75, 3.05) is 7.11 Å². The molecule has 1 aromatic heterocycles. The number of carbonyl (C=O) groups excluding carboxylic acids is 2. The number of ketones is 2. The molecule has 4 aromatic carbocycles. The molecule has 0 saturated heterocycles. The number of carbonyl (C=O) groups is 2. The maximum atomic E-state index is 15.1. The lowest BCUT2D eigenvalue weighted by molar-refractivity contribution is -0.133. The van der Waals surface area contributed by atoms with Crippen LogP contribution in [0.1, 0.15) is 35.1 Å². The fraction of sp³-hybridized carbons (Fsp3) is 0.179. The third-order valence-corrected chi connectivity index (χ3v) is 10.9. The molecule has 2 heterocycles. The van der Waals surface area contributed by atoms with Crippen LogP contribution >= 0.6 is 15.9 Å². The number of phenols is 1. The number of aromatic hydroxyl groups is 1. The van der Waals surface area contributed by atoms with Gasteiger partial charge in [0.05, 0.1) is 35.3 Å². The van der Waals surface area contributed by atoms with Crippen LogP contribution in [0.15, 0.2) is 135 Å². The second-order valence-corrected chi connectivity index (χ2v) is 13.4. The molecule has 0 amide bonds. The number of benzene rings is 4. The van der Waals surface area contributed by atoms with E-state index in [-0.39, 0.29) is 36.0 Å². The minimum absolute atomic E-state index is 0.0788. The molecule has 0 spiro atoms. The van der Waals surface area contributed by atoms with E-state index < -0.39 is 34.7 Å². The number of nitrogens with zero attached hydrogens (tertiary/aromatic N) is 3. The lowest BCUT2D eigenvalue weighted by Gasteiger charge is -2.54. The van der Waals surface area contributed by atoms with Gasteiger partial charge in [-0.2, -0.15) is 0 Å². The van der Waals surface area contributed by atoms with E-state index in [1.54, 1.807) is 36.4 Å². The normalized spacial score (nSPS) is 22.8. The number of fused-ring (bicyclic) bond motifs is 4. The van der Waals surface area contributed by atoms with Crippen molar-refractivity contribution in [3.05, 3.63) is 163 Å². The number of aromatic nitrogens is 3. The van der Waals surface area contributed by atoms with Crippen LogP contribution in [-0.4, -0.2) is 37.7 Å². The van der Waals surface area contributed by atoms with Gasteiger partial charge in [-0.1, -0.05) is 84.9 Å². The Kier molecular flexibility index (Phi) is 7.29. The summed E-state index contributed by atoms with van der Waals surface area (Å²) in [7, 11) is 1.44. The third-order valence-electron chi connectivity index (χ3n) is 10.3. The first-order chi connectivity index (χ1) is 23.8. The summed E-state index contributed by atoms with van der Waals surface area (Å²) in [6, 6.07) is 29.8. The Hall–Kier alpha value is -5.48. The molecule has 4 unspecified atom stereocenters. The maximum Gasteiger partial charge on any atom is 0.352 e.